The fraction of sp³-hybridized carbons (Fsp3) is 0.467. The highest BCUT2D eigenvalue weighted by Gasteiger charge is 2.03. The van der Waals surface area contributed by atoms with Crippen LogP contribution >= 0.6 is 0 Å². The lowest BCUT2D eigenvalue weighted by molar-refractivity contribution is -0.123. The van der Waals surface area contributed by atoms with E-state index in [2.05, 4.69) is 10.6 Å². The Bertz CT molecular complexity index is 423. The third-order valence-electron chi connectivity index (χ3n) is 2.56. The minimum atomic E-state index is -0.460. The highest BCUT2D eigenvalue weighted by molar-refractivity contribution is 5.77. The fourth-order valence-electron chi connectivity index (χ4n) is 1.44. The van der Waals surface area contributed by atoms with Crippen LogP contribution in [0.15, 0.2) is 30.3 Å². The number of benzene rings is 1. The van der Waals surface area contributed by atoms with Gasteiger partial charge in [-0.15, -0.1) is 0 Å². The molecule has 1 rings (SSSR count). The number of ether oxygens (including phenoxy) is 2. The van der Waals surface area contributed by atoms with Crippen molar-refractivity contribution in [2.75, 3.05) is 26.3 Å². The molecule has 6 nitrogen and oxygen atoms in total. The van der Waals surface area contributed by atoms with E-state index in [1.165, 1.54) is 0 Å². The summed E-state index contributed by atoms with van der Waals surface area (Å²) in [5, 5.41) is 5.20. The summed E-state index contributed by atoms with van der Waals surface area (Å²) in [5.41, 5.74) is 0. The number of para-hydroxylation sites is 1. The topological polar surface area (TPSA) is 76.7 Å². The molecular weight excluding hydrogens is 272 g/mol. The molecule has 6 heteroatoms. The summed E-state index contributed by atoms with van der Waals surface area (Å²) >= 11 is 0. The van der Waals surface area contributed by atoms with Gasteiger partial charge in [0.05, 0.1) is 6.61 Å². The van der Waals surface area contributed by atoms with Crippen LogP contribution in [0.2, 0.25) is 0 Å². The van der Waals surface area contributed by atoms with Gasteiger partial charge >= 0.3 is 6.09 Å². The molecule has 0 fully saturated rings. The van der Waals surface area contributed by atoms with E-state index in [1.807, 2.05) is 25.1 Å². The summed E-state index contributed by atoms with van der Waals surface area (Å²) in [6.07, 6.45) is 1.37. The molecular formula is C15H22N2O4. The van der Waals surface area contributed by atoms with Crippen LogP contribution in [0.4, 0.5) is 4.79 Å². The molecule has 2 N–H and O–H groups in total. The summed E-state index contributed by atoms with van der Waals surface area (Å²) < 4.78 is 10.2. The Labute approximate surface area is 124 Å². The SMILES string of the molecule is CCCCOC(=O)NCCNC(=O)COc1ccccc1. The summed E-state index contributed by atoms with van der Waals surface area (Å²) in [4.78, 5) is 22.7. The average Bonchev–Trinajstić information content (AvgIpc) is 2.51. The molecule has 0 saturated carbocycles. The zero-order valence-corrected chi connectivity index (χ0v) is 12.3. The standard InChI is InChI=1S/C15H22N2O4/c1-2-3-11-20-15(19)17-10-9-16-14(18)12-21-13-7-5-4-6-8-13/h4-8H,2-3,9-12H2,1H3,(H,16,18)(H,17,19). The van der Waals surface area contributed by atoms with E-state index in [9.17, 15) is 9.59 Å². The third-order valence-corrected chi connectivity index (χ3v) is 2.56. The molecule has 0 unspecified atom stereocenters. The molecule has 0 atom stereocenters. The molecule has 0 aliphatic heterocycles. The van der Waals surface area contributed by atoms with E-state index in [0.29, 0.717) is 25.4 Å². The summed E-state index contributed by atoms with van der Waals surface area (Å²) in [5.74, 6) is 0.408. The van der Waals surface area contributed by atoms with Crippen molar-refractivity contribution in [3.63, 3.8) is 0 Å². The van der Waals surface area contributed by atoms with E-state index in [4.69, 9.17) is 9.47 Å². The maximum atomic E-state index is 11.5. The molecule has 21 heavy (non-hydrogen) atoms. The number of rotatable bonds is 9. The maximum absolute atomic E-state index is 11.5. The fourth-order valence-corrected chi connectivity index (χ4v) is 1.44. The number of hydrogen-bond donors (Lipinski definition) is 2. The number of hydrogen-bond acceptors (Lipinski definition) is 4. The molecule has 0 bridgehead atoms. The van der Waals surface area contributed by atoms with Gasteiger partial charge in [0.15, 0.2) is 6.61 Å². The highest BCUT2D eigenvalue weighted by Crippen LogP contribution is 2.07. The zero-order chi connectivity index (χ0) is 15.3. The Balaban J connectivity index is 2.02. The molecule has 2 amide bonds. The molecule has 0 aliphatic carbocycles. The van der Waals surface area contributed by atoms with Crippen molar-refractivity contribution in [3.8, 4) is 5.75 Å². The predicted octanol–water partition coefficient (Wildman–Crippen LogP) is 1.71. The lowest BCUT2D eigenvalue weighted by Crippen LogP contribution is -2.37. The van der Waals surface area contributed by atoms with Crippen molar-refractivity contribution in [2.24, 2.45) is 0 Å². The Morgan fingerprint density at radius 1 is 1.10 bits per heavy atom. The van der Waals surface area contributed by atoms with Crippen molar-refractivity contribution in [1.29, 1.82) is 0 Å². The van der Waals surface area contributed by atoms with Crippen molar-refractivity contribution in [2.45, 2.75) is 19.8 Å². The van der Waals surface area contributed by atoms with E-state index in [0.717, 1.165) is 12.8 Å². The molecule has 0 aromatic heterocycles. The van der Waals surface area contributed by atoms with Crippen molar-refractivity contribution < 1.29 is 19.1 Å². The maximum Gasteiger partial charge on any atom is 0.407 e. The first-order chi connectivity index (χ1) is 10.2. The number of nitrogens with one attached hydrogen (secondary N) is 2. The largest absolute Gasteiger partial charge is 0.484 e. The van der Waals surface area contributed by atoms with E-state index in [1.54, 1.807) is 12.1 Å². The number of unbranched alkanes of at least 4 members (excludes halogenated alkanes) is 1. The predicted molar refractivity (Wildman–Crippen MR) is 79.2 cm³/mol. The molecule has 0 saturated heterocycles. The van der Waals surface area contributed by atoms with Gasteiger partial charge in [-0.05, 0) is 18.6 Å². The van der Waals surface area contributed by atoms with Gasteiger partial charge in [-0.25, -0.2) is 4.79 Å². The smallest absolute Gasteiger partial charge is 0.407 e. The van der Waals surface area contributed by atoms with Gasteiger partial charge in [0.1, 0.15) is 5.75 Å². The summed E-state index contributed by atoms with van der Waals surface area (Å²) in [6, 6.07) is 9.10. The first kappa shape index (κ1) is 16.8. The molecule has 0 heterocycles. The molecule has 1 aromatic rings. The average molecular weight is 294 g/mol. The van der Waals surface area contributed by atoms with Gasteiger partial charge in [-0.2, -0.15) is 0 Å². The van der Waals surface area contributed by atoms with Crippen LogP contribution in [0.1, 0.15) is 19.8 Å². The zero-order valence-electron chi connectivity index (χ0n) is 12.3. The minimum absolute atomic E-state index is 0.0506. The quantitative estimate of drug-likeness (QED) is 0.680. The minimum Gasteiger partial charge on any atom is -0.484 e. The van der Waals surface area contributed by atoms with Gasteiger partial charge < -0.3 is 20.1 Å². The first-order valence-corrected chi connectivity index (χ1v) is 7.07. The lowest BCUT2D eigenvalue weighted by atomic mass is 10.3. The number of amides is 2. The van der Waals surface area contributed by atoms with Gasteiger partial charge in [-0.1, -0.05) is 31.5 Å². The van der Waals surface area contributed by atoms with Crippen molar-refractivity contribution in [1.82, 2.24) is 10.6 Å². The number of alkyl carbamates (subject to hydrolysis) is 1. The second-order valence-electron chi connectivity index (χ2n) is 4.37. The van der Waals surface area contributed by atoms with Crippen LogP contribution in [0.25, 0.3) is 0 Å². The van der Waals surface area contributed by atoms with Crippen molar-refractivity contribution >= 4 is 12.0 Å². The monoisotopic (exact) mass is 294 g/mol. The molecule has 1 aromatic carbocycles. The molecule has 0 aliphatic rings. The van der Waals surface area contributed by atoms with Crippen LogP contribution in [-0.4, -0.2) is 38.3 Å². The Morgan fingerprint density at radius 3 is 2.52 bits per heavy atom. The normalized spacial score (nSPS) is 9.76. The Hall–Kier alpha value is -2.24. The van der Waals surface area contributed by atoms with Gasteiger partial charge in [0.25, 0.3) is 5.91 Å². The second-order valence-corrected chi connectivity index (χ2v) is 4.37. The van der Waals surface area contributed by atoms with Crippen LogP contribution in [0.5, 0.6) is 5.75 Å². The first-order valence-electron chi connectivity index (χ1n) is 7.07. The van der Waals surface area contributed by atoms with Gasteiger partial charge in [-0.3, -0.25) is 4.79 Å². The Kier molecular flexibility index (Phi) is 8.44. The molecule has 116 valence electrons. The molecule has 0 radical (unpaired) electrons. The summed E-state index contributed by atoms with van der Waals surface area (Å²) in [6.45, 7) is 3.04. The Morgan fingerprint density at radius 2 is 1.81 bits per heavy atom. The van der Waals surface area contributed by atoms with E-state index in [-0.39, 0.29) is 12.5 Å². The second kappa shape index (κ2) is 10.5. The van der Waals surface area contributed by atoms with Gasteiger partial charge in [0.2, 0.25) is 0 Å². The van der Waals surface area contributed by atoms with E-state index >= 15 is 0 Å². The van der Waals surface area contributed by atoms with Crippen LogP contribution in [0.3, 0.4) is 0 Å². The summed E-state index contributed by atoms with van der Waals surface area (Å²) in [7, 11) is 0. The number of carbonyl (C=O) groups excluding carboxylic acids is 2. The lowest BCUT2D eigenvalue weighted by Gasteiger charge is -2.08. The van der Waals surface area contributed by atoms with Gasteiger partial charge in [0, 0.05) is 13.1 Å². The van der Waals surface area contributed by atoms with Crippen LogP contribution in [0, 0.1) is 0 Å². The highest BCUT2D eigenvalue weighted by atomic mass is 16.5. The van der Waals surface area contributed by atoms with E-state index < -0.39 is 6.09 Å². The number of carbonyl (C=O) groups is 2. The van der Waals surface area contributed by atoms with Crippen LogP contribution < -0.4 is 15.4 Å². The van der Waals surface area contributed by atoms with Crippen LogP contribution in [-0.2, 0) is 9.53 Å². The molecule has 0 spiro atoms. The van der Waals surface area contributed by atoms with Crippen molar-refractivity contribution in [3.05, 3.63) is 30.3 Å². The third kappa shape index (κ3) is 8.52.